The third kappa shape index (κ3) is 3.87. The van der Waals surface area contributed by atoms with Crippen molar-refractivity contribution in [2.75, 3.05) is 18.0 Å². The number of hydrogen-bond donors (Lipinski definition) is 2. The van der Waals surface area contributed by atoms with Crippen LogP contribution in [0.1, 0.15) is 49.2 Å². The number of hydrogen-bond acceptors (Lipinski definition) is 6. The fourth-order valence-corrected chi connectivity index (χ4v) is 3.41. The number of pyridine rings is 1. The number of nitrogens with two attached hydrogens (primary N) is 1. The second kappa shape index (κ2) is 6.83. The first-order valence-corrected chi connectivity index (χ1v) is 8.76. The minimum atomic E-state index is -0.821. The molecule has 1 unspecified atom stereocenters. The van der Waals surface area contributed by atoms with Gasteiger partial charge in [0.2, 0.25) is 0 Å². The van der Waals surface area contributed by atoms with E-state index in [0.29, 0.717) is 36.7 Å². The predicted octanol–water partition coefficient (Wildman–Crippen LogP) is 1.55. The Hall–Kier alpha value is -2.82. The molecule has 1 saturated carbocycles. The molecule has 1 aliphatic heterocycles. The van der Waals surface area contributed by atoms with Gasteiger partial charge in [0.05, 0.1) is 17.8 Å². The molecule has 8 nitrogen and oxygen atoms in total. The average molecular weight is 357 g/mol. The van der Waals surface area contributed by atoms with Crippen molar-refractivity contribution in [1.82, 2.24) is 10.3 Å². The summed E-state index contributed by atoms with van der Waals surface area (Å²) in [7, 11) is 0. The quantitative estimate of drug-likeness (QED) is 0.824. The number of nitrogens with one attached hydrogen (secondary N) is 1. The van der Waals surface area contributed by atoms with E-state index < -0.39 is 11.7 Å². The molecule has 26 heavy (non-hydrogen) atoms. The first-order chi connectivity index (χ1) is 12.3. The molecule has 1 saturated heterocycles. The SMILES string of the molecule is C[C@H](NC(=O)c1cnc(C#N)cc1N1CCC(C)(OC(N)=O)C1)C1CC1. The van der Waals surface area contributed by atoms with Crippen LogP contribution in [0.4, 0.5) is 10.5 Å². The lowest BCUT2D eigenvalue weighted by Gasteiger charge is -2.26. The number of amides is 2. The van der Waals surface area contributed by atoms with Gasteiger partial charge in [-0.2, -0.15) is 5.26 Å². The van der Waals surface area contributed by atoms with Crippen molar-refractivity contribution < 1.29 is 14.3 Å². The number of ether oxygens (including phenoxy) is 1. The van der Waals surface area contributed by atoms with Crippen LogP contribution >= 0.6 is 0 Å². The fourth-order valence-electron chi connectivity index (χ4n) is 3.41. The number of nitrogens with zero attached hydrogens (tertiary/aromatic N) is 3. The summed E-state index contributed by atoms with van der Waals surface area (Å²) >= 11 is 0. The fraction of sp³-hybridized carbons (Fsp3) is 0.556. The Morgan fingerprint density at radius 2 is 2.27 bits per heavy atom. The van der Waals surface area contributed by atoms with Gasteiger partial charge in [-0.3, -0.25) is 4.79 Å². The van der Waals surface area contributed by atoms with E-state index in [4.69, 9.17) is 15.7 Å². The molecule has 3 rings (SSSR count). The Morgan fingerprint density at radius 1 is 1.54 bits per heavy atom. The molecule has 1 aromatic rings. The Balaban J connectivity index is 1.84. The number of aromatic nitrogens is 1. The summed E-state index contributed by atoms with van der Waals surface area (Å²) in [6.07, 6.45) is 3.47. The molecule has 2 aliphatic rings. The third-order valence-electron chi connectivity index (χ3n) is 5.05. The van der Waals surface area contributed by atoms with E-state index in [9.17, 15) is 9.59 Å². The number of rotatable bonds is 5. The van der Waals surface area contributed by atoms with Crippen molar-refractivity contribution >= 4 is 17.7 Å². The Labute approximate surface area is 152 Å². The largest absolute Gasteiger partial charge is 0.441 e. The number of nitriles is 1. The van der Waals surface area contributed by atoms with Gasteiger partial charge in [-0.15, -0.1) is 0 Å². The lowest BCUT2D eigenvalue weighted by Crippen LogP contribution is -2.38. The number of carbonyl (C=O) groups excluding carboxylic acids is 2. The smallest absolute Gasteiger partial charge is 0.405 e. The number of anilines is 1. The summed E-state index contributed by atoms with van der Waals surface area (Å²) in [4.78, 5) is 29.9. The molecule has 1 aromatic heterocycles. The van der Waals surface area contributed by atoms with E-state index >= 15 is 0 Å². The van der Waals surface area contributed by atoms with Crippen LogP contribution in [-0.2, 0) is 4.74 Å². The van der Waals surface area contributed by atoms with Gasteiger partial charge in [-0.1, -0.05) is 0 Å². The molecular weight excluding hydrogens is 334 g/mol. The molecule has 3 N–H and O–H groups in total. The zero-order valence-corrected chi connectivity index (χ0v) is 15.0. The van der Waals surface area contributed by atoms with Crippen LogP contribution in [0.5, 0.6) is 0 Å². The standard InChI is InChI=1S/C18H23N5O3/c1-11(12-3-4-12)22-16(24)14-9-21-13(8-19)7-15(14)23-6-5-18(2,10-23)26-17(20)25/h7,9,11-12H,3-6,10H2,1-2H3,(H2,20,25)(H,22,24)/t11-,18?/m0/s1. The molecule has 8 heteroatoms. The molecule has 138 valence electrons. The minimum absolute atomic E-state index is 0.105. The molecular formula is C18H23N5O3. The summed E-state index contributed by atoms with van der Waals surface area (Å²) in [6, 6.07) is 3.71. The van der Waals surface area contributed by atoms with Crippen LogP contribution in [0.2, 0.25) is 0 Å². The maximum absolute atomic E-state index is 12.7. The predicted molar refractivity (Wildman–Crippen MR) is 94.5 cm³/mol. The van der Waals surface area contributed by atoms with E-state index in [1.165, 1.54) is 6.20 Å². The minimum Gasteiger partial charge on any atom is -0.441 e. The lowest BCUT2D eigenvalue weighted by atomic mass is 10.1. The van der Waals surface area contributed by atoms with Gasteiger partial charge in [0, 0.05) is 25.2 Å². The van der Waals surface area contributed by atoms with Crippen molar-refractivity contribution in [3.8, 4) is 6.07 Å². The molecule has 2 fully saturated rings. The van der Waals surface area contributed by atoms with Crippen molar-refractivity contribution in [1.29, 1.82) is 5.26 Å². The molecule has 2 amide bonds. The molecule has 0 bridgehead atoms. The maximum Gasteiger partial charge on any atom is 0.405 e. The van der Waals surface area contributed by atoms with E-state index in [0.717, 1.165) is 12.8 Å². The highest BCUT2D eigenvalue weighted by molar-refractivity contribution is 6.00. The van der Waals surface area contributed by atoms with Gasteiger partial charge < -0.3 is 20.7 Å². The van der Waals surface area contributed by atoms with Crippen LogP contribution in [-0.4, -0.2) is 41.7 Å². The van der Waals surface area contributed by atoms with Crippen molar-refractivity contribution in [3.63, 3.8) is 0 Å². The van der Waals surface area contributed by atoms with Gasteiger partial charge in [0.25, 0.3) is 5.91 Å². The summed E-state index contributed by atoms with van der Waals surface area (Å²) in [6.45, 7) is 4.78. The second-order valence-corrected chi connectivity index (χ2v) is 7.34. The van der Waals surface area contributed by atoms with Gasteiger partial charge in [-0.25, -0.2) is 9.78 Å². The Morgan fingerprint density at radius 3 is 2.88 bits per heavy atom. The molecule has 1 aliphatic carbocycles. The lowest BCUT2D eigenvalue weighted by molar-refractivity contribution is 0.0480. The summed E-state index contributed by atoms with van der Waals surface area (Å²) < 4.78 is 5.23. The van der Waals surface area contributed by atoms with Gasteiger partial charge in [0.1, 0.15) is 17.4 Å². The van der Waals surface area contributed by atoms with E-state index in [1.807, 2.05) is 17.9 Å². The second-order valence-electron chi connectivity index (χ2n) is 7.34. The Bertz CT molecular complexity index is 771. The van der Waals surface area contributed by atoms with Gasteiger partial charge in [0.15, 0.2) is 0 Å². The van der Waals surface area contributed by atoms with E-state index in [-0.39, 0.29) is 17.6 Å². The highest BCUT2D eigenvalue weighted by atomic mass is 16.6. The van der Waals surface area contributed by atoms with E-state index in [1.54, 1.807) is 13.0 Å². The van der Waals surface area contributed by atoms with Crippen molar-refractivity contribution in [2.45, 2.75) is 44.8 Å². The number of primary amides is 1. The maximum atomic E-state index is 12.7. The third-order valence-corrected chi connectivity index (χ3v) is 5.05. The van der Waals surface area contributed by atoms with Gasteiger partial charge >= 0.3 is 6.09 Å². The van der Waals surface area contributed by atoms with Crippen LogP contribution in [0.3, 0.4) is 0 Å². The van der Waals surface area contributed by atoms with Crippen LogP contribution in [0, 0.1) is 17.2 Å². The molecule has 2 atom stereocenters. The summed E-state index contributed by atoms with van der Waals surface area (Å²) in [5.41, 5.74) is 5.70. The first-order valence-electron chi connectivity index (χ1n) is 8.76. The monoisotopic (exact) mass is 357 g/mol. The summed E-state index contributed by atoms with van der Waals surface area (Å²) in [5.74, 6) is 0.327. The van der Waals surface area contributed by atoms with E-state index in [2.05, 4.69) is 10.3 Å². The first kappa shape index (κ1) is 18.0. The van der Waals surface area contributed by atoms with Crippen molar-refractivity contribution in [2.24, 2.45) is 11.7 Å². The Kier molecular flexibility index (Phi) is 4.72. The van der Waals surface area contributed by atoms with Crippen molar-refractivity contribution in [3.05, 3.63) is 23.5 Å². The molecule has 0 spiro atoms. The average Bonchev–Trinajstić information content (AvgIpc) is 3.37. The highest BCUT2D eigenvalue weighted by Crippen LogP contribution is 2.34. The molecule has 0 aromatic carbocycles. The molecule has 0 radical (unpaired) electrons. The zero-order chi connectivity index (χ0) is 18.9. The molecule has 2 heterocycles. The van der Waals surface area contributed by atoms with Crippen LogP contribution < -0.4 is 16.0 Å². The highest BCUT2D eigenvalue weighted by Gasteiger charge is 2.38. The normalized spacial score (nSPS) is 23.2. The topological polar surface area (TPSA) is 121 Å². The van der Waals surface area contributed by atoms with Crippen LogP contribution in [0.15, 0.2) is 12.3 Å². The zero-order valence-electron chi connectivity index (χ0n) is 15.0. The summed E-state index contributed by atoms with van der Waals surface area (Å²) in [5, 5.41) is 12.2. The number of carbonyl (C=O) groups is 2. The van der Waals surface area contributed by atoms with Crippen LogP contribution in [0.25, 0.3) is 0 Å². The van der Waals surface area contributed by atoms with Gasteiger partial charge in [-0.05, 0) is 38.7 Å².